The van der Waals surface area contributed by atoms with Crippen LogP contribution >= 0.6 is 0 Å². The number of carbonyl (C=O) groups excluding carboxylic acids is 1. The summed E-state index contributed by atoms with van der Waals surface area (Å²) in [6, 6.07) is -0.0530. The Kier molecular flexibility index (Phi) is 9.01. The molecule has 2 atom stereocenters. The van der Waals surface area contributed by atoms with E-state index in [9.17, 15) is 9.59 Å². The van der Waals surface area contributed by atoms with Gasteiger partial charge in [0.05, 0.1) is 0 Å². The van der Waals surface area contributed by atoms with Gasteiger partial charge in [-0.25, -0.2) is 4.79 Å². The van der Waals surface area contributed by atoms with E-state index < -0.39 is 5.97 Å². The SMILES string of the molecule is CCC(NC(=O)NCC(CC(=O)O)CC(C)C)C(C)C. The Hall–Kier alpha value is -1.26. The molecule has 0 saturated heterocycles. The molecule has 0 saturated carbocycles. The quantitative estimate of drug-likeness (QED) is 0.610. The second kappa shape index (κ2) is 9.61. The normalized spacial score (nSPS) is 14.2. The molecule has 0 radical (unpaired) electrons. The lowest BCUT2D eigenvalue weighted by Crippen LogP contribution is -2.45. The summed E-state index contributed by atoms with van der Waals surface area (Å²) >= 11 is 0. The molecule has 0 aromatic rings. The molecule has 0 aliphatic rings. The van der Waals surface area contributed by atoms with Gasteiger partial charge in [0.1, 0.15) is 0 Å². The van der Waals surface area contributed by atoms with Crippen LogP contribution in [0.1, 0.15) is 53.9 Å². The van der Waals surface area contributed by atoms with E-state index in [1.165, 1.54) is 0 Å². The molecule has 0 fully saturated rings. The summed E-state index contributed by atoms with van der Waals surface area (Å²) in [6.07, 6.45) is 1.78. The summed E-state index contributed by atoms with van der Waals surface area (Å²) in [5, 5.41) is 14.6. The van der Waals surface area contributed by atoms with Crippen molar-refractivity contribution in [3.8, 4) is 0 Å². The predicted octanol–water partition coefficient (Wildman–Crippen LogP) is 2.86. The minimum absolute atomic E-state index is 0.0163. The first-order valence-corrected chi connectivity index (χ1v) is 7.52. The minimum Gasteiger partial charge on any atom is -0.481 e. The predicted molar refractivity (Wildman–Crippen MR) is 80.6 cm³/mol. The molecule has 5 nitrogen and oxygen atoms in total. The topological polar surface area (TPSA) is 78.4 Å². The number of nitrogens with one attached hydrogen (secondary N) is 2. The van der Waals surface area contributed by atoms with Crippen LogP contribution in [-0.2, 0) is 4.79 Å². The minimum atomic E-state index is -0.813. The highest BCUT2D eigenvalue weighted by Gasteiger charge is 2.18. The van der Waals surface area contributed by atoms with Crippen LogP contribution in [-0.4, -0.2) is 29.7 Å². The highest BCUT2D eigenvalue weighted by Crippen LogP contribution is 2.14. The Morgan fingerprint density at radius 3 is 2.15 bits per heavy atom. The van der Waals surface area contributed by atoms with Gasteiger partial charge in [0.2, 0.25) is 0 Å². The van der Waals surface area contributed by atoms with Crippen LogP contribution in [0.4, 0.5) is 4.79 Å². The van der Waals surface area contributed by atoms with Crippen molar-refractivity contribution in [3.05, 3.63) is 0 Å². The van der Waals surface area contributed by atoms with Crippen LogP contribution in [0.15, 0.2) is 0 Å². The Bertz CT molecular complexity index is 303. The first-order chi connectivity index (χ1) is 9.26. The van der Waals surface area contributed by atoms with Gasteiger partial charge in [-0.1, -0.05) is 34.6 Å². The number of carbonyl (C=O) groups is 2. The molecule has 0 aromatic heterocycles. The van der Waals surface area contributed by atoms with Crippen LogP contribution in [0.25, 0.3) is 0 Å². The first-order valence-electron chi connectivity index (χ1n) is 7.52. The average Bonchev–Trinajstić information content (AvgIpc) is 2.31. The van der Waals surface area contributed by atoms with E-state index in [1.54, 1.807) is 0 Å². The van der Waals surface area contributed by atoms with E-state index in [1.807, 2.05) is 6.92 Å². The molecule has 20 heavy (non-hydrogen) atoms. The lowest BCUT2D eigenvalue weighted by atomic mass is 9.94. The van der Waals surface area contributed by atoms with Gasteiger partial charge in [0.15, 0.2) is 0 Å². The van der Waals surface area contributed by atoms with Gasteiger partial charge in [0, 0.05) is 19.0 Å². The molecule has 0 aliphatic carbocycles. The second-order valence-electron chi connectivity index (χ2n) is 6.21. The number of rotatable bonds is 9. The molecule has 0 bridgehead atoms. The van der Waals surface area contributed by atoms with Crippen molar-refractivity contribution in [2.75, 3.05) is 6.54 Å². The van der Waals surface area contributed by atoms with Crippen LogP contribution in [0.3, 0.4) is 0 Å². The first kappa shape index (κ1) is 18.7. The molecular weight excluding hydrogens is 256 g/mol. The fourth-order valence-corrected chi connectivity index (χ4v) is 2.35. The molecule has 2 amide bonds. The molecule has 0 heterocycles. The van der Waals surface area contributed by atoms with Crippen LogP contribution < -0.4 is 10.6 Å². The average molecular weight is 286 g/mol. The van der Waals surface area contributed by atoms with E-state index in [4.69, 9.17) is 5.11 Å². The zero-order valence-corrected chi connectivity index (χ0v) is 13.4. The maximum Gasteiger partial charge on any atom is 0.315 e. The highest BCUT2D eigenvalue weighted by molar-refractivity contribution is 5.74. The molecular formula is C15H30N2O3. The van der Waals surface area contributed by atoms with Crippen molar-refractivity contribution in [3.63, 3.8) is 0 Å². The third-order valence-electron chi connectivity index (χ3n) is 3.38. The van der Waals surface area contributed by atoms with Crippen molar-refractivity contribution in [2.24, 2.45) is 17.8 Å². The maximum atomic E-state index is 11.8. The Morgan fingerprint density at radius 2 is 1.75 bits per heavy atom. The lowest BCUT2D eigenvalue weighted by Gasteiger charge is -2.22. The van der Waals surface area contributed by atoms with Gasteiger partial charge in [0.25, 0.3) is 0 Å². The number of urea groups is 1. The number of carboxylic acids is 1. The van der Waals surface area contributed by atoms with Gasteiger partial charge in [-0.05, 0) is 30.6 Å². The zero-order valence-electron chi connectivity index (χ0n) is 13.4. The van der Waals surface area contributed by atoms with Crippen LogP contribution in [0.5, 0.6) is 0 Å². The van der Waals surface area contributed by atoms with Crippen LogP contribution in [0.2, 0.25) is 0 Å². The number of hydrogen-bond acceptors (Lipinski definition) is 2. The lowest BCUT2D eigenvalue weighted by molar-refractivity contribution is -0.138. The molecule has 0 spiro atoms. The van der Waals surface area contributed by atoms with Crippen molar-refractivity contribution in [1.82, 2.24) is 10.6 Å². The summed E-state index contributed by atoms with van der Waals surface area (Å²) in [5.74, 6) is -0.0247. The molecule has 3 N–H and O–H groups in total. The number of amides is 2. The molecule has 5 heteroatoms. The fourth-order valence-electron chi connectivity index (χ4n) is 2.35. The van der Waals surface area contributed by atoms with Gasteiger partial charge >= 0.3 is 12.0 Å². The molecule has 0 aromatic carbocycles. The number of carboxylic acid groups (broad SMARTS) is 1. The second-order valence-corrected chi connectivity index (χ2v) is 6.21. The molecule has 2 unspecified atom stereocenters. The maximum absolute atomic E-state index is 11.8. The van der Waals surface area contributed by atoms with Crippen LogP contribution in [0, 0.1) is 17.8 Å². The van der Waals surface area contributed by atoms with E-state index in [-0.39, 0.29) is 24.4 Å². The van der Waals surface area contributed by atoms with E-state index in [2.05, 4.69) is 38.3 Å². The Labute approximate surface area is 122 Å². The molecule has 0 rings (SSSR count). The van der Waals surface area contributed by atoms with Crippen molar-refractivity contribution < 1.29 is 14.7 Å². The van der Waals surface area contributed by atoms with Gasteiger partial charge in [-0.2, -0.15) is 0 Å². The smallest absolute Gasteiger partial charge is 0.315 e. The molecule has 118 valence electrons. The molecule has 0 aliphatic heterocycles. The Balaban J connectivity index is 4.25. The summed E-state index contributed by atoms with van der Waals surface area (Å²) in [5.41, 5.74) is 0. The van der Waals surface area contributed by atoms with E-state index >= 15 is 0 Å². The van der Waals surface area contributed by atoms with Crippen molar-refractivity contribution in [2.45, 2.75) is 59.9 Å². The summed E-state index contributed by atoms with van der Waals surface area (Å²) in [6.45, 7) is 10.7. The standard InChI is InChI=1S/C15H30N2O3/c1-6-13(11(4)5)17-15(20)16-9-12(7-10(2)3)8-14(18)19/h10-13H,6-9H2,1-5H3,(H,18,19)(H2,16,17,20). The fraction of sp³-hybridized carbons (Fsp3) is 0.867. The van der Waals surface area contributed by atoms with Gasteiger partial charge in [-0.3, -0.25) is 4.79 Å². The third kappa shape index (κ3) is 8.77. The van der Waals surface area contributed by atoms with E-state index in [0.29, 0.717) is 18.4 Å². The third-order valence-corrected chi connectivity index (χ3v) is 3.38. The number of hydrogen-bond donors (Lipinski definition) is 3. The van der Waals surface area contributed by atoms with Gasteiger partial charge < -0.3 is 15.7 Å². The summed E-state index contributed by atoms with van der Waals surface area (Å²) < 4.78 is 0. The Morgan fingerprint density at radius 1 is 1.15 bits per heavy atom. The van der Waals surface area contributed by atoms with Gasteiger partial charge in [-0.15, -0.1) is 0 Å². The summed E-state index contributed by atoms with van der Waals surface area (Å²) in [7, 11) is 0. The van der Waals surface area contributed by atoms with Crippen molar-refractivity contribution >= 4 is 12.0 Å². The van der Waals surface area contributed by atoms with E-state index in [0.717, 1.165) is 12.8 Å². The van der Waals surface area contributed by atoms with Crippen molar-refractivity contribution in [1.29, 1.82) is 0 Å². The summed E-state index contributed by atoms with van der Waals surface area (Å²) in [4.78, 5) is 22.6. The highest BCUT2D eigenvalue weighted by atomic mass is 16.4. The monoisotopic (exact) mass is 286 g/mol. The number of aliphatic carboxylic acids is 1. The largest absolute Gasteiger partial charge is 0.481 e. The zero-order chi connectivity index (χ0) is 15.7.